The molecule has 5 heteroatoms. The Kier molecular flexibility index (Phi) is 6.39. The van der Waals surface area contributed by atoms with Crippen LogP contribution in [0, 0.1) is 5.92 Å². The standard InChI is InChI=1S/C13H25N5/c1-5-7-14-12-16-11(9-10(3)4)17-13(18-12)15-8-6-2/h10H,5-9H2,1-4H3,(H2,14,15,16,17,18). The summed E-state index contributed by atoms with van der Waals surface area (Å²) in [7, 11) is 0. The van der Waals surface area contributed by atoms with Crippen LogP contribution >= 0.6 is 0 Å². The lowest BCUT2D eigenvalue weighted by Gasteiger charge is -2.10. The van der Waals surface area contributed by atoms with Crippen LogP contribution in [0.1, 0.15) is 46.4 Å². The Hall–Kier alpha value is -1.39. The summed E-state index contributed by atoms with van der Waals surface area (Å²) in [6, 6.07) is 0. The van der Waals surface area contributed by atoms with Gasteiger partial charge in [-0.15, -0.1) is 0 Å². The van der Waals surface area contributed by atoms with Crippen LogP contribution in [0.3, 0.4) is 0 Å². The van der Waals surface area contributed by atoms with Gasteiger partial charge in [0.05, 0.1) is 0 Å². The maximum atomic E-state index is 4.45. The second-order valence-electron chi connectivity index (χ2n) is 4.85. The molecule has 0 fully saturated rings. The maximum Gasteiger partial charge on any atom is 0.227 e. The molecule has 1 aromatic heterocycles. The minimum atomic E-state index is 0.547. The zero-order valence-corrected chi connectivity index (χ0v) is 12.0. The van der Waals surface area contributed by atoms with Gasteiger partial charge in [-0.05, 0) is 18.8 Å². The summed E-state index contributed by atoms with van der Waals surface area (Å²) in [5.74, 6) is 2.77. The van der Waals surface area contributed by atoms with E-state index >= 15 is 0 Å². The van der Waals surface area contributed by atoms with Crippen molar-refractivity contribution in [3.63, 3.8) is 0 Å². The Morgan fingerprint density at radius 3 is 1.78 bits per heavy atom. The molecule has 0 aliphatic carbocycles. The normalized spacial score (nSPS) is 10.7. The molecule has 2 N–H and O–H groups in total. The summed E-state index contributed by atoms with van der Waals surface area (Å²) in [5, 5.41) is 6.45. The Morgan fingerprint density at radius 1 is 0.889 bits per heavy atom. The van der Waals surface area contributed by atoms with Crippen LogP contribution in [-0.4, -0.2) is 28.0 Å². The topological polar surface area (TPSA) is 62.7 Å². The number of nitrogens with one attached hydrogen (secondary N) is 2. The van der Waals surface area contributed by atoms with E-state index in [4.69, 9.17) is 0 Å². The molecule has 5 nitrogen and oxygen atoms in total. The van der Waals surface area contributed by atoms with Gasteiger partial charge < -0.3 is 10.6 Å². The molecule has 0 aromatic carbocycles. The molecule has 0 aliphatic rings. The lowest BCUT2D eigenvalue weighted by Crippen LogP contribution is -2.13. The Balaban J connectivity index is 2.81. The van der Waals surface area contributed by atoms with E-state index in [9.17, 15) is 0 Å². The Labute approximate surface area is 110 Å². The number of nitrogens with zero attached hydrogens (tertiary/aromatic N) is 3. The SMILES string of the molecule is CCCNc1nc(CC(C)C)nc(NCCC)n1. The molecule has 0 spiro atoms. The van der Waals surface area contributed by atoms with Gasteiger partial charge in [-0.1, -0.05) is 27.7 Å². The minimum absolute atomic E-state index is 0.547. The monoisotopic (exact) mass is 251 g/mol. The van der Waals surface area contributed by atoms with E-state index in [1.807, 2.05) is 0 Å². The van der Waals surface area contributed by atoms with Crippen molar-refractivity contribution < 1.29 is 0 Å². The van der Waals surface area contributed by atoms with Gasteiger partial charge in [0.2, 0.25) is 11.9 Å². The largest absolute Gasteiger partial charge is 0.354 e. The highest BCUT2D eigenvalue weighted by Crippen LogP contribution is 2.09. The van der Waals surface area contributed by atoms with Gasteiger partial charge >= 0.3 is 0 Å². The molecule has 0 radical (unpaired) electrons. The molecular formula is C13H25N5. The van der Waals surface area contributed by atoms with Crippen LogP contribution in [-0.2, 0) is 6.42 Å². The fraction of sp³-hybridized carbons (Fsp3) is 0.769. The predicted octanol–water partition coefficient (Wildman–Crippen LogP) is 2.71. The fourth-order valence-corrected chi connectivity index (χ4v) is 1.51. The number of hydrogen-bond acceptors (Lipinski definition) is 5. The average Bonchev–Trinajstić information content (AvgIpc) is 2.33. The molecule has 0 bridgehead atoms. The predicted molar refractivity (Wildman–Crippen MR) is 75.9 cm³/mol. The van der Waals surface area contributed by atoms with Gasteiger partial charge in [0.15, 0.2) is 0 Å². The molecule has 0 amide bonds. The van der Waals surface area contributed by atoms with E-state index in [0.29, 0.717) is 17.8 Å². The van der Waals surface area contributed by atoms with Crippen LogP contribution in [0.4, 0.5) is 11.9 Å². The third-order valence-electron chi connectivity index (χ3n) is 2.34. The van der Waals surface area contributed by atoms with Crippen molar-refractivity contribution in [3.8, 4) is 0 Å². The summed E-state index contributed by atoms with van der Waals surface area (Å²) in [4.78, 5) is 13.3. The number of anilines is 2. The first-order chi connectivity index (χ1) is 8.65. The number of rotatable bonds is 8. The van der Waals surface area contributed by atoms with Gasteiger partial charge in [0.1, 0.15) is 5.82 Å². The molecule has 0 saturated carbocycles. The van der Waals surface area contributed by atoms with Gasteiger partial charge in [-0.2, -0.15) is 15.0 Å². The van der Waals surface area contributed by atoms with Crippen molar-refractivity contribution in [1.29, 1.82) is 0 Å². The smallest absolute Gasteiger partial charge is 0.227 e. The zero-order valence-electron chi connectivity index (χ0n) is 12.0. The molecule has 0 unspecified atom stereocenters. The summed E-state index contributed by atoms with van der Waals surface area (Å²) in [6.07, 6.45) is 3.00. The van der Waals surface area contributed by atoms with E-state index in [-0.39, 0.29) is 0 Å². The number of hydrogen-bond donors (Lipinski definition) is 2. The van der Waals surface area contributed by atoms with Crippen molar-refractivity contribution in [3.05, 3.63) is 5.82 Å². The van der Waals surface area contributed by atoms with E-state index in [1.165, 1.54) is 0 Å². The van der Waals surface area contributed by atoms with Crippen molar-refractivity contribution >= 4 is 11.9 Å². The van der Waals surface area contributed by atoms with Crippen molar-refractivity contribution in [2.24, 2.45) is 5.92 Å². The lowest BCUT2D eigenvalue weighted by molar-refractivity contribution is 0.618. The molecule has 1 heterocycles. The molecule has 0 atom stereocenters. The Morgan fingerprint density at radius 2 is 1.39 bits per heavy atom. The van der Waals surface area contributed by atoms with Crippen molar-refractivity contribution in [1.82, 2.24) is 15.0 Å². The van der Waals surface area contributed by atoms with Gasteiger partial charge in [-0.25, -0.2) is 0 Å². The molecule has 0 saturated heterocycles. The van der Waals surface area contributed by atoms with E-state index in [1.54, 1.807) is 0 Å². The van der Waals surface area contributed by atoms with Crippen LogP contribution in [0.25, 0.3) is 0 Å². The number of aromatic nitrogens is 3. The summed E-state index contributed by atoms with van der Waals surface area (Å²) in [6.45, 7) is 10.4. The summed E-state index contributed by atoms with van der Waals surface area (Å²) < 4.78 is 0. The first-order valence-corrected chi connectivity index (χ1v) is 6.88. The first kappa shape index (κ1) is 14.7. The summed E-state index contributed by atoms with van der Waals surface area (Å²) >= 11 is 0. The maximum absolute atomic E-state index is 4.45. The second kappa shape index (κ2) is 7.84. The second-order valence-corrected chi connectivity index (χ2v) is 4.85. The molecular weight excluding hydrogens is 226 g/mol. The average molecular weight is 251 g/mol. The fourth-order valence-electron chi connectivity index (χ4n) is 1.51. The summed E-state index contributed by atoms with van der Waals surface area (Å²) in [5.41, 5.74) is 0. The zero-order chi connectivity index (χ0) is 13.4. The van der Waals surface area contributed by atoms with E-state index < -0.39 is 0 Å². The molecule has 1 rings (SSSR count). The molecule has 1 aromatic rings. The van der Waals surface area contributed by atoms with Gasteiger partial charge in [0, 0.05) is 19.5 Å². The molecule has 0 aliphatic heterocycles. The van der Waals surface area contributed by atoms with Crippen LogP contribution in [0.2, 0.25) is 0 Å². The van der Waals surface area contributed by atoms with E-state index in [2.05, 4.69) is 53.3 Å². The Bertz CT molecular complexity index is 325. The van der Waals surface area contributed by atoms with Gasteiger partial charge in [-0.3, -0.25) is 0 Å². The van der Waals surface area contributed by atoms with E-state index in [0.717, 1.165) is 38.2 Å². The van der Waals surface area contributed by atoms with Crippen LogP contribution < -0.4 is 10.6 Å². The molecule has 102 valence electrons. The minimum Gasteiger partial charge on any atom is -0.354 e. The van der Waals surface area contributed by atoms with Crippen LogP contribution in [0.5, 0.6) is 0 Å². The molecule has 18 heavy (non-hydrogen) atoms. The first-order valence-electron chi connectivity index (χ1n) is 6.88. The third kappa shape index (κ3) is 5.29. The van der Waals surface area contributed by atoms with Gasteiger partial charge in [0.25, 0.3) is 0 Å². The van der Waals surface area contributed by atoms with Crippen molar-refractivity contribution in [2.75, 3.05) is 23.7 Å². The lowest BCUT2D eigenvalue weighted by atomic mass is 10.1. The highest BCUT2D eigenvalue weighted by Gasteiger charge is 2.07. The van der Waals surface area contributed by atoms with Crippen LogP contribution in [0.15, 0.2) is 0 Å². The quantitative estimate of drug-likeness (QED) is 0.744. The van der Waals surface area contributed by atoms with Crippen molar-refractivity contribution in [2.45, 2.75) is 47.0 Å². The highest BCUT2D eigenvalue weighted by atomic mass is 15.2. The highest BCUT2D eigenvalue weighted by molar-refractivity contribution is 5.34. The third-order valence-corrected chi connectivity index (χ3v) is 2.34.